The highest BCUT2D eigenvalue weighted by Gasteiger charge is 2.21. The van der Waals surface area contributed by atoms with Crippen LogP contribution in [0.4, 0.5) is 0 Å². The van der Waals surface area contributed by atoms with E-state index in [0.717, 1.165) is 23.3 Å². The number of benzene rings is 2. The predicted octanol–water partition coefficient (Wildman–Crippen LogP) is 3.89. The van der Waals surface area contributed by atoms with E-state index in [0.29, 0.717) is 32.7 Å². The molecule has 0 aliphatic carbocycles. The summed E-state index contributed by atoms with van der Waals surface area (Å²) in [4.78, 5) is 22.4. The highest BCUT2D eigenvalue weighted by molar-refractivity contribution is 5.96. The van der Waals surface area contributed by atoms with Crippen molar-refractivity contribution in [1.82, 2.24) is 0 Å². The SMILES string of the molecule is CC(=O)C(CCc1ccc(OCCCOCc2ccccc2)cc1)C(=O)O. The summed E-state index contributed by atoms with van der Waals surface area (Å²) in [5, 5.41) is 9.04. The van der Waals surface area contributed by atoms with Crippen LogP contribution in [0.15, 0.2) is 54.6 Å². The molecule has 144 valence electrons. The van der Waals surface area contributed by atoms with Crippen LogP contribution < -0.4 is 4.74 Å². The third-order valence-electron chi connectivity index (χ3n) is 4.25. The number of rotatable bonds is 12. The van der Waals surface area contributed by atoms with E-state index in [1.807, 2.05) is 54.6 Å². The molecule has 0 spiro atoms. The van der Waals surface area contributed by atoms with Crippen LogP contribution in [0.25, 0.3) is 0 Å². The monoisotopic (exact) mass is 370 g/mol. The molecular formula is C22H26O5. The Morgan fingerprint density at radius 2 is 1.67 bits per heavy atom. The molecule has 2 rings (SSSR count). The van der Waals surface area contributed by atoms with Gasteiger partial charge in [-0.25, -0.2) is 0 Å². The highest BCUT2D eigenvalue weighted by atomic mass is 16.5. The summed E-state index contributed by atoms with van der Waals surface area (Å²) in [6.45, 7) is 3.13. The molecule has 0 radical (unpaired) electrons. The van der Waals surface area contributed by atoms with Crippen molar-refractivity contribution in [2.75, 3.05) is 13.2 Å². The number of hydrogen-bond acceptors (Lipinski definition) is 4. The zero-order valence-corrected chi connectivity index (χ0v) is 15.6. The second kappa shape index (κ2) is 11.1. The van der Waals surface area contributed by atoms with Crippen LogP contribution in [0.1, 0.15) is 30.9 Å². The fraction of sp³-hybridized carbons (Fsp3) is 0.364. The Morgan fingerprint density at radius 3 is 2.30 bits per heavy atom. The van der Waals surface area contributed by atoms with Crippen LogP contribution in [-0.4, -0.2) is 30.1 Å². The first-order chi connectivity index (χ1) is 13.1. The van der Waals surface area contributed by atoms with Crippen molar-refractivity contribution in [3.05, 3.63) is 65.7 Å². The largest absolute Gasteiger partial charge is 0.494 e. The van der Waals surface area contributed by atoms with Crippen LogP contribution in [0.2, 0.25) is 0 Å². The Labute approximate surface area is 159 Å². The van der Waals surface area contributed by atoms with Crippen molar-refractivity contribution in [3.8, 4) is 5.75 Å². The summed E-state index contributed by atoms with van der Waals surface area (Å²) in [5.41, 5.74) is 2.14. The minimum atomic E-state index is -1.06. The maximum absolute atomic E-state index is 11.3. The predicted molar refractivity (Wildman–Crippen MR) is 103 cm³/mol. The van der Waals surface area contributed by atoms with Crippen LogP contribution >= 0.6 is 0 Å². The van der Waals surface area contributed by atoms with Crippen LogP contribution in [0.3, 0.4) is 0 Å². The van der Waals surface area contributed by atoms with Gasteiger partial charge in [0.2, 0.25) is 0 Å². The molecule has 0 aliphatic heterocycles. The smallest absolute Gasteiger partial charge is 0.314 e. The van der Waals surface area contributed by atoms with Crippen LogP contribution in [0.5, 0.6) is 5.75 Å². The van der Waals surface area contributed by atoms with E-state index >= 15 is 0 Å². The minimum absolute atomic E-state index is 0.308. The van der Waals surface area contributed by atoms with Gasteiger partial charge in [-0.1, -0.05) is 42.5 Å². The van der Waals surface area contributed by atoms with Crippen LogP contribution in [0, 0.1) is 5.92 Å². The van der Waals surface area contributed by atoms with E-state index in [9.17, 15) is 9.59 Å². The lowest BCUT2D eigenvalue weighted by molar-refractivity contribution is -0.145. The van der Waals surface area contributed by atoms with Gasteiger partial charge in [0.05, 0.1) is 19.8 Å². The van der Waals surface area contributed by atoms with Gasteiger partial charge in [-0.05, 0) is 43.0 Å². The lowest BCUT2D eigenvalue weighted by Crippen LogP contribution is -2.22. The fourth-order valence-corrected chi connectivity index (χ4v) is 2.68. The molecule has 0 saturated heterocycles. The molecule has 1 N–H and O–H groups in total. The Bertz CT molecular complexity index is 695. The number of hydrogen-bond donors (Lipinski definition) is 1. The zero-order valence-electron chi connectivity index (χ0n) is 15.6. The van der Waals surface area contributed by atoms with Crippen molar-refractivity contribution in [3.63, 3.8) is 0 Å². The standard InChI is InChI=1S/C22H26O5/c1-17(23)21(22(24)25)13-10-18-8-11-20(12-9-18)27-15-5-14-26-16-19-6-3-2-4-7-19/h2-4,6-9,11-12,21H,5,10,13-16H2,1H3,(H,24,25). The molecule has 1 unspecified atom stereocenters. The van der Waals surface area contributed by atoms with Gasteiger partial charge in [-0.15, -0.1) is 0 Å². The van der Waals surface area contributed by atoms with Gasteiger partial charge in [-0.3, -0.25) is 9.59 Å². The number of carbonyl (C=O) groups excluding carboxylic acids is 1. The molecule has 1 atom stereocenters. The van der Waals surface area contributed by atoms with Crippen molar-refractivity contribution < 1.29 is 24.2 Å². The molecule has 0 fully saturated rings. The second-order valence-electron chi connectivity index (χ2n) is 6.42. The molecular weight excluding hydrogens is 344 g/mol. The third-order valence-corrected chi connectivity index (χ3v) is 4.25. The van der Waals surface area contributed by atoms with Gasteiger partial charge in [-0.2, -0.15) is 0 Å². The number of carboxylic acids is 1. The molecule has 2 aromatic rings. The van der Waals surface area contributed by atoms with Crippen LogP contribution in [-0.2, 0) is 27.4 Å². The molecule has 0 amide bonds. The van der Waals surface area contributed by atoms with Gasteiger partial charge in [0.25, 0.3) is 0 Å². The first kappa shape index (κ1) is 20.6. The normalized spacial score (nSPS) is 11.7. The summed E-state index contributed by atoms with van der Waals surface area (Å²) in [6, 6.07) is 17.6. The molecule has 0 saturated carbocycles. The summed E-state index contributed by atoms with van der Waals surface area (Å²) < 4.78 is 11.3. The zero-order chi connectivity index (χ0) is 19.5. The molecule has 0 bridgehead atoms. The first-order valence-corrected chi connectivity index (χ1v) is 9.13. The Balaban J connectivity index is 1.63. The van der Waals surface area contributed by atoms with Crippen molar-refractivity contribution in [2.45, 2.75) is 32.8 Å². The number of aliphatic carboxylic acids is 1. The Kier molecular flexibility index (Phi) is 8.52. The molecule has 0 aliphatic rings. The Morgan fingerprint density at radius 1 is 0.963 bits per heavy atom. The van der Waals surface area contributed by atoms with Crippen molar-refractivity contribution >= 4 is 11.8 Å². The maximum atomic E-state index is 11.3. The van der Waals surface area contributed by atoms with E-state index in [4.69, 9.17) is 14.6 Å². The summed E-state index contributed by atoms with van der Waals surface area (Å²) >= 11 is 0. The van der Waals surface area contributed by atoms with Gasteiger partial charge >= 0.3 is 5.97 Å². The average molecular weight is 370 g/mol. The molecule has 2 aromatic carbocycles. The summed E-state index contributed by atoms with van der Waals surface area (Å²) in [7, 11) is 0. The van der Waals surface area contributed by atoms with Gasteiger partial charge in [0.15, 0.2) is 0 Å². The average Bonchev–Trinajstić information content (AvgIpc) is 2.66. The lowest BCUT2D eigenvalue weighted by atomic mass is 9.96. The van der Waals surface area contributed by atoms with Crippen molar-refractivity contribution in [2.24, 2.45) is 5.92 Å². The quantitative estimate of drug-likeness (QED) is 0.453. The number of aryl methyl sites for hydroxylation is 1. The van der Waals surface area contributed by atoms with Crippen molar-refractivity contribution in [1.29, 1.82) is 0 Å². The second-order valence-corrected chi connectivity index (χ2v) is 6.42. The van der Waals surface area contributed by atoms with E-state index in [1.165, 1.54) is 6.92 Å². The number of Topliss-reactive ketones (excluding diaryl/α,β-unsaturated/α-hetero) is 1. The van der Waals surface area contributed by atoms with E-state index < -0.39 is 11.9 Å². The van der Waals surface area contributed by atoms with E-state index in [1.54, 1.807) is 0 Å². The lowest BCUT2D eigenvalue weighted by Gasteiger charge is -2.10. The minimum Gasteiger partial charge on any atom is -0.494 e. The van der Waals surface area contributed by atoms with Gasteiger partial charge in [0, 0.05) is 6.42 Å². The molecule has 0 aromatic heterocycles. The molecule has 5 nitrogen and oxygen atoms in total. The summed E-state index contributed by atoms with van der Waals surface area (Å²) in [6.07, 6.45) is 1.65. The van der Waals surface area contributed by atoms with E-state index in [-0.39, 0.29) is 5.78 Å². The number of ether oxygens (including phenoxy) is 2. The van der Waals surface area contributed by atoms with Gasteiger partial charge < -0.3 is 14.6 Å². The Hall–Kier alpha value is -2.66. The van der Waals surface area contributed by atoms with Gasteiger partial charge in [0.1, 0.15) is 17.5 Å². The molecule has 27 heavy (non-hydrogen) atoms. The van der Waals surface area contributed by atoms with E-state index in [2.05, 4.69) is 0 Å². The topological polar surface area (TPSA) is 72.8 Å². The maximum Gasteiger partial charge on any atom is 0.314 e. The number of carboxylic acid groups (broad SMARTS) is 1. The number of ketones is 1. The fourth-order valence-electron chi connectivity index (χ4n) is 2.68. The first-order valence-electron chi connectivity index (χ1n) is 9.13. The number of carbonyl (C=O) groups is 2. The highest BCUT2D eigenvalue weighted by Crippen LogP contribution is 2.16. The third kappa shape index (κ3) is 7.62. The summed E-state index contributed by atoms with van der Waals surface area (Å²) in [5.74, 6) is -1.53. The molecule has 5 heteroatoms. The molecule has 0 heterocycles.